The summed E-state index contributed by atoms with van der Waals surface area (Å²) in [7, 11) is 0.968. The summed E-state index contributed by atoms with van der Waals surface area (Å²) in [4.78, 5) is 2.16. The van der Waals surface area contributed by atoms with Crippen molar-refractivity contribution in [1.29, 1.82) is 0 Å². The molecular weight excluding hydrogens is 131 g/mol. The molecule has 0 atom stereocenters. The minimum Gasteiger partial charge on any atom is -0.701 e. The third-order valence-corrected chi connectivity index (χ3v) is 0.433. The van der Waals surface area contributed by atoms with Crippen LogP contribution in [0.25, 0.3) is 0 Å². The normalized spacial score (nSPS) is 6.00. The summed E-state index contributed by atoms with van der Waals surface area (Å²) < 4.78 is 0. The van der Waals surface area contributed by atoms with Crippen molar-refractivity contribution in [3.63, 3.8) is 0 Å². The minimum absolute atomic E-state index is 0. The van der Waals surface area contributed by atoms with Gasteiger partial charge in [0.25, 0.3) is 0 Å². The van der Waals surface area contributed by atoms with Crippen LogP contribution in [0.5, 0.6) is 0 Å². The van der Waals surface area contributed by atoms with Crippen molar-refractivity contribution < 1.29 is 51.4 Å². The quantitative estimate of drug-likeness (QED) is 0.0977. The average Bonchev–Trinajstić information content (AvgIpc) is 1.37. The number of hydrazine groups is 1. The van der Waals surface area contributed by atoms with E-state index in [9.17, 15) is 0 Å². The molecule has 0 amide bonds. The van der Waals surface area contributed by atoms with E-state index in [1.54, 1.807) is 0 Å². The Bertz CT molecular complexity index is 9.61. The SMILES string of the molecule is NNS[S-].[K+]. The van der Waals surface area contributed by atoms with Gasteiger partial charge in [0.15, 0.2) is 0 Å². The standard InChI is InChI=1S/K.H4N2S2/c;1-2-4-3/h;2-3H,1H2/q+1;/p-1. The van der Waals surface area contributed by atoms with Gasteiger partial charge in [0.1, 0.15) is 0 Å². The van der Waals surface area contributed by atoms with E-state index in [-0.39, 0.29) is 51.4 Å². The van der Waals surface area contributed by atoms with Crippen molar-refractivity contribution in [1.82, 2.24) is 4.83 Å². The van der Waals surface area contributed by atoms with E-state index in [2.05, 4.69) is 22.3 Å². The predicted octanol–water partition coefficient (Wildman–Crippen LogP) is -3.44. The molecule has 3 N–H and O–H groups in total. The first-order chi connectivity index (χ1) is 1.91. The summed E-state index contributed by atoms with van der Waals surface area (Å²) in [6.07, 6.45) is 0. The maximum Gasteiger partial charge on any atom is 1.00 e. The third-order valence-electron chi connectivity index (χ3n) is 0.0481. The molecule has 0 aromatic heterocycles. The third kappa shape index (κ3) is 10.7. The van der Waals surface area contributed by atoms with E-state index in [0.29, 0.717) is 0 Å². The van der Waals surface area contributed by atoms with Crippen LogP contribution in [0.2, 0.25) is 0 Å². The van der Waals surface area contributed by atoms with Gasteiger partial charge in [-0.25, -0.2) is 15.8 Å². The van der Waals surface area contributed by atoms with E-state index in [1.807, 2.05) is 0 Å². The predicted molar refractivity (Wildman–Crippen MR) is 22.3 cm³/mol. The first kappa shape index (κ1) is 10.3. The molecule has 0 saturated heterocycles. The fourth-order valence-corrected chi connectivity index (χ4v) is 0. The van der Waals surface area contributed by atoms with Crippen molar-refractivity contribution in [2.24, 2.45) is 5.84 Å². The number of nitrogens with two attached hydrogens (primary N) is 1. The fraction of sp³-hybridized carbons (Fsp3) is 0. The molecule has 0 saturated carbocycles. The van der Waals surface area contributed by atoms with Crippen LogP contribution >= 0.6 is 11.0 Å². The van der Waals surface area contributed by atoms with E-state index < -0.39 is 0 Å². The van der Waals surface area contributed by atoms with Crippen molar-refractivity contribution in [3.8, 4) is 0 Å². The van der Waals surface area contributed by atoms with Crippen LogP contribution in [-0.2, 0) is 11.7 Å². The second kappa shape index (κ2) is 9.54. The average molecular weight is 134 g/mol. The Balaban J connectivity index is 0. The van der Waals surface area contributed by atoms with Crippen LogP contribution in [0.1, 0.15) is 0 Å². The second-order valence-electron chi connectivity index (χ2n) is 0.201. The molecule has 0 unspecified atom stereocenters. The topological polar surface area (TPSA) is 38.0 Å². The molecule has 0 heterocycles. The van der Waals surface area contributed by atoms with Crippen LogP contribution in [0.4, 0.5) is 0 Å². The molecule has 5 heteroatoms. The van der Waals surface area contributed by atoms with Crippen LogP contribution in [-0.4, -0.2) is 0 Å². The molecule has 0 fully saturated rings. The van der Waals surface area contributed by atoms with Crippen LogP contribution in [0.3, 0.4) is 0 Å². The van der Waals surface area contributed by atoms with E-state index >= 15 is 0 Å². The number of rotatable bonds is 1. The van der Waals surface area contributed by atoms with Gasteiger partial charge >= 0.3 is 51.4 Å². The Kier molecular flexibility index (Phi) is 19.6. The molecular formula is H3KN2S2. The summed E-state index contributed by atoms with van der Waals surface area (Å²) in [5.41, 5.74) is 0. The van der Waals surface area contributed by atoms with Crippen molar-refractivity contribution in [2.45, 2.75) is 0 Å². The van der Waals surface area contributed by atoms with Gasteiger partial charge in [-0.15, -0.1) is 0 Å². The minimum atomic E-state index is 0. The molecule has 0 spiro atoms. The largest absolute Gasteiger partial charge is 1.00 e. The van der Waals surface area contributed by atoms with Gasteiger partial charge in [-0.05, 0) is 0 Å². The van der Waals surface area contributed by atoms with Crippen LogP contribution in [0, 0.1) is 0 Å². The first-order valence-corrected chi connectivity index (χ1v) is 2.40. The molecule has 0 radical (unpaired) electrons. The van der Waals surface area contributed by atoms with Gasteiger partial charge < -0.3 is 11.7 Å². The molecule has 0 aliphatic carbocycles. The van der Waals surface area contributed by atoms with Gasteiger partial charge in [-0.1, -0.05) is 0 Å². The maximum atomic E-state index is 4.64. The maximum absolute atomic E-state index is 4.64. The van der Waals surface area contributed by atoms with E-state index in [0.717, 1.165) is 11.0 Å². The zero-order valence-electron chi connectivity index (χ0n) is 2.89. The van der Waals surface area contributed by atoms with Gasteiger partial charge in [0.2, 0.25) is 0 Å². The Morgan fingerprint density at radius 2 is 2.00 bits per heavy atom. The Morgan fingerprint density at radius 1 is 1.80 bits per heavy atom. The fourth-order valence-electron chi connectivity index (χ4n) is 0. The molecule has 0 bridgehead atoms. The molecule has 5 heavy (non-hydrogen) atoms. The zero-order valence-corrected chi connectivity index (χ0v) is 7.65. The van der Waals surface area contributed by atoms with Gasteiger partial charge in [0, 0.05) is 0 Å². The first-order valence-electron chi connectivity index (χ1n) is 0.659. The zero-order chi connectivity index (χ0) is 3.41. The number of hydrogen-bond donors (Lipinski definition) is 2. The Hall–Kier alpha value is 2.26. The summed E-state index contributed by atoms with van der Waals surface area (Å²) >= 11 is 4.23. The molecule has 0 aliphatic rings. The van der Waals surface area contributed by atoms with Gasteiger partial charge in [-0.3, -0.25) is 5.84 Å². The van der Waals surface area contributed by atoms with Crippen molar-refractivity contribution >= 4 is 22.6 Å². The molecule has 2 nitrogen and oxygen atoms in total. The van der Waals surface area contributed by atoms with Crippen LogP contribution in [0.15, 0.2) is 0 Å². The van der Waals surface area contributed by atoms with Crippen molar-refractivity contribution in [2.75, 3.05) is 0 Å². The molecule has 0 aliphatic heterocycles. The molecule has 0 aromatic carbocycles. The molecule has 0 aromatic rings. The van der Waals surface area contributed by atoms with Gasteiger partial charge in [0.05, 0.1) is 0 Å². The summed E-state index contributed by atoms with van der Waals surface area (Å²) in [6, 6.07) is 0. The Labute approximate surface area is 83.0 Å². The monoisotopic (exact) mass is 134 g/mol. The number of hydrogen-bond acceptors (Lipinski definition) is 4. The van der Waals surface area contributed by atoms with E-state index in [1.165, 1.54) is 0 Å². The number of nitrogens with one attached hydrogen (secondary N) is 1. The summed E-state index contributed by atoms with van der Waals surface area (Å²) in [5.74, 6) is 4.64. The smallest absolute Gasteiger partial charge is 0.701 e. The summed E-state index contributed by atoms with van der Waals surface area (Å²) in [6.45, 7) is 0. The molecule has 26 valence electrons. The second-order valence-corrected chi connectivity index (χ2v) is 1.10. The van der Waals surface area contributed by atoms with Gasteiger partial charge in [-0.2, -0.15) is 0 Å². The Morgan fingerprint density at radius 3 is 2.00 bits per heavy atom. The summed E-state index contributed by atoms with van der Waals surface area (Å²) in [5, 5.41) is 0. The van der Waals surface area contributed by atoms with E-state index in [4.69, 9.17) is 0 Å². The molecule has 0 rings (SSSR count). The van der Waals surface area contributed by atoms with Crippen LogP contribution < -0.4 is 62.1 Å². The van der Waals surface area contributed by atoms with Crippen molar-refractivity contribution in [3.05, 3.63) is 0 Å².